The van der Waals surface area contributed by atoms with Gasteiger partial charge in [0.1, 0.15) is 5.75 Å². The Kier molecular flexibility index (Phi) is 9.66. The van der Waals surface area contributed by atoms with Crippen LogP contribution in [0.2, 0.25) is 19.6 Å². The van der Waals surface area contributed by atoms with Gasteiger partial charge in [-0.1, -0.05) is 51.5 Å². The maximum atomic E-state index is 10.5. The topological polar surface area (TPSA) is 32.6 Å². The summed E-state index contributed by atoms with van der Waals surface area (Å²) < 4.78 is 0. The standard InChI is InChI=1S/C17H27NOSi.2ClH.Zr/c1-13-8-5-6-10-15(13)18-12-14-9-7-11-16(17(14)19)20(2,3)4;;;/h7,9,11-13,15,19H,5-6,8,10H2,1-4H3;2*1H;/q;;;+2/p-2. The predicted octanol–water partition coefficient (Wildman–Crippen LogP) is 5.31. The quantitative estimate of drug-likeness (QED) is 0.490. The van der Waals surface area contributed by atoms with Crippen LogP contribution in [-0.4, -0.2) is 25.4 Å². The fourth-order valence-electron chi connectivity index (χ4n) is 2.96. The number of para-hydroxylation sites is 1. The second-order valence-corrected chi connectivity index (χ2v) is 15.9. The van der Waals surface area contributed by atoms with E-state index in [0.29, 0.717) is 17.7 Å². The van der Waals surface area contributed by atoms with Crippen LogP contribution in [0, 0.1) is 5.92 Å². The van der Waals surface area contributed by atoms with Crippen molar-refractivity contribution < 1.29 is 26.0 Å². The first-order valence-electron chi connectivity index (χ1n) is 8.13. The van der Waals surface area contributed by atoms with Gasteiger partial charge in [0.05, 0.1) is 14.1 Å². The molecule has 0 aromatic heterocycles. The summed E-state index contributed by atoms with van der Waals surface area (Å²) in [5.41, 5.74) is 0.877. The number of hydrogen-bond acceptors (Lipinski definition) is 2. The summed E-state index contributed by atoms with van der Waals surface area (Å²) in [5, 5.41) is 11.6. The Balaban J connectivity index is 0.000000816. The third-order valence-corrected chi connectivity index (χ3v) is 6.37. The van der Waals surface area contributed by atoms with Gasteiger partial charge in [-0.25, -0.2) is 0 Å². The molecule has 1 N–H and O–H groups in total. The molecule has 0 amide bonds. The zero-order valence-electron chi connectivity index (χ0n) is 14.4. The van der Waals surface area contributed by atoms with Crippen molar-refractivity contribution in [2.75, 3.05) is 0 Å². The van der Waals surface area contributed by atoms with Gasteiger partial charge in [0.25, 0.3) is 0 Å². The number of benzene rings is 1. The maximum absolute atomic E-state index is 10.5. The first kappa shape index (κ1) is 21.4. The number of rotatable bonds is 3. The average Bonchev–Trinajstić information content (AvgIpc) is 2.47. The van der Waals surface area contributed by atoms with Crippen LogP contribution in [-0.2, 0) is 20.8 Å². The molecule has 128 valence electrons. The van der Waals surface area contributed by atoms with Crippen LogP contribution in [0.1, 0.15) is 38.2 Å². The summed E-state index contributed by atoms with van der Waals surface area (Å²) in [5.74, 6) is 1.11. The van der Waals surface area contributed by atoms with E-state index in [1.807, 2.05) is 18.3 Å². The van der Waals surface area contributed by atoms with E-state index in [4.69, 9.17) is 22.0 Å². The summed E-state index contributed by atoms with van der Waals surface area (Å²) in [4.78, 5) is 4.75. The molecule has 6 heteroatoms. The van der Waals surface area contributed by atoms with E-state index in [1.54, 1.807) is 0 Å². The zero-order valence-corrected chi connectivity index (χ0v) is 19.4. The van der Waals surface area contributed by atoms with Gasteiger partial charge in [0, 0.05) is 11.8 Å². The molecule has 1 saturated carbocycles. The van der Waals surface area contributed by atoms with Crippen LogP contribution in [0.15, 0.2) is 23.2 Å². The van der Waals surface area contributed by atoms with Crippen LogP contribution >= 0.6 is 17.0 Å². The first-order valence-corrected chi connectivity index (χ1v) is 18.0. The normalized spacial score (nSPS) is 21.7. The molecule has 0 spiro atoms. The van der Waals surface area contributed by atoms with Crippen molar-refractivity contribution in [2.24, 2.45) is 10.9 Å². The Bertz CT molecular complexity index is 520. The van der Waals surface area contributed by atoms with Crippen LogP contribution in [0.3, 0.4) is 0 Å². The molecule has 23 heavy (non-hydrogen) atoms. The molecule has 2 unspecified atom stereocenters. The molecule has 2 rings (SSSR count). The van der Waals surface area contributed by atoms with Gasteiger partial charge in [-0.3, -0.25) is 4.99 Å². The molecule has 0 aliphatic heterocycles. The zero-order chi connectivity index (χ0) is 17.5. The number of hydrogen-bond donors (Lipinski definition) is 1. The molecule has 1 aromatic rings. The number of nitrogens with zero attached hydrogens (tertiary/aromatic N) is 1. The van der Waals surface area contributed by atoms with E-state index in [-0.39, 0.29) is 0 Å². The third-order valence-electron chi connectivity index (χ3n) is 4.35. The van der Waals surface area contributed by atoms with Gasteiger partial charge >= 0.3 is 37.9 Å². The van der Waals surface area contributed by atoms with Gasteiger partial charge in [-0.2, -0.15) is 0 Å². The molecule has 0 saturated heterocycles. The van der Waals surface area contributed by atoms with Gasteiger partial charge in [-0.15, -0.1) is 0 Å². The summed E-state index contributed by atoms with van der Waals surface area (Å²) in [6.45, 7) is 9.06. The van der Waals surface area contributed by atoms with Crippen molar-refractivity contribution in [3.8, 4) is 5.75 Å². The van der Waals surface area contributed by atoms with E-state index in [1.165, 1.54) is 25.7 Å². The van der Waals surface area contributed by atoms with Crippen molar-refractivity contribution >= 4 is 36.5 Å². The summed E-state index contributed by atoms with van der Waals surface area (Å²) in [7, 11) is 8.36. The Morgan fingerprint density at radius 3 is 2.39 bits per heavy atom. The molecule has 1 aliphatic rings. The molecule has 2 nitrogen and oxygen atoms in total. The second-order valence-electron chi connectivity index (χ2n) is 7.17. The third kappa shape index (κ3) is 7.02. The molecule has 1 aliphatic carbocycles. The van der Waals surface area contributed by atoms with E-state index >= 15 is 0 Å². The molecule has 2 atom stereocenters. The second kappa shape index (κ2) is 10.4. The van der Waals surface area contributed by atoms with Crippen LogP contribution < -0.4 is 5.19 Å². The molecule has 1 aromatic carbocycles. The van der Waals surface area contributed by atoms with E-state index < -0.39 is 28.9 Å². The van der Waals surface area contributed by atoms with Crippen molar-refractivity contribution in [3.63, 3.8) is 0 Å². The average molecular weight is 452 g/mol. The van der Waals surface area contributed by atoms with Crippen LogP contribution in [0.25, 0.3) is 0 Å². The van der Waals surface area contributed by atoms with Gasteiger partial charge < -0.3 is 5.11 Å². The van der Waals surface area contributed by atoms with Gasteiger partial charge in [-0.05, 0) is 30.0 Å². The Morgan fingerprint density at radius 2 is 1.83 bits per heavy atom. The van der Waals surface area contributed by atoms with E-state index in [9.17, 15) is 5.11 Å². The SMILES string of the molecule is CC1CCCCC1N=Cc1cccc([Si](C)(C)C)c1O.[Cl][Zr][Cl]. The molecule has 0 radical (unpaired) electrons. The van der Waals surface area contributed by atoms with Crippen molar-refractivity contribution in [1.29, 1.82) is 0 Å². The number of halogens is 2. The van der Waals surface area contributed by atoms with Crippen molar-refractivity contribution in [3.05, 3.63) is 23.8 Å². The van der Waals surface area contributed by atoms with E-state index in [2.05, 4.69) is 32.6 Å². The number of phenolic OH excluding ortho intramolecular Hbond substituents is 1. The van der Waals surface area contributed by atoms with Crippen molar-refractivity contribution in [1.82, 2.24) is 0 Å². The number of phenols is 1. The van der Waals surface area contributed by atoms with Crippen LogP contribution in [0.5, 0.6) is 5.75 Å². The number of aromatic hydroxyl groups is 1. The molecule has 0 heterocycles. The minimum absolute atomic E-state index is 0.429. The molecular weight excluding hydrogens is 424 g/mol. The predicted molar refractivity (Wildman–Crippen MR) is 102 cm³/mol. The fraction of sp³-hybridized carbons (Fsp3) is 0.588. The van der Waals surface area contributed by atoms with E-state index in [0.717, 1.165) is 10.8 Å². The molecule has 0 bridgehead atoms. The summed E-state index contributed by atoms with van der Waals surface area (Å²) >= 11 is -0.826. The monoisotopic (exact) mass is 449 g/mol. The number of aliphatic imine (C=N–C) groups is 1. The Hall–Kier alpha value is 0.370. The molecule has 1 fully saturated rings. The fourth-order valence-corrected chi connectivity index (χ4v) is 4.42. The summed E-state index contributed by atoms with van der Waals surface area (Å²) in [6, 6.07) is 6.50. The van der Waals surface area contributed by atoms with Crippen LogP contribution in [0.4, 0.5) is 0 Å². The molecular formula is C17H27Cl2NOSiZr. The minimum atomic E-state index is -1.50. The van der Waals surface area contributed by atoms with Crippen molar-refractivity contribution in [2.45, 2.75) is 58.3 Å². The summed E-state index contributed by atoms with van der Waals surface area (Å²) in [6.07, 6.45) is 6.98. The Morgan fingerprint density at radius 1 is 1.22 bits per heavy atom. The van der Waals surface area contributed by atoms with Gasteiger partial charge in [0.2, 0.25) is 0 Å². The Labute approximate surface area is 160 Å². The first-order chi connectivity index (χ1) is 10.8. The van der Waals surface area contributed by atoms with Gasteiger partial charge in [0.15, 0.2) is 0 Å².